The Bertz CT molecular complexity index is 1000. The lowest BCUT2D eigenvalue weighted by Crippen LogP contribution is -2.38. The normalized spacial score (nSPS) is 16.5. The van der Waals surface area contributed by atoms with E-state index in [9.17, 15) is 9.59 Å². The molecule has 32 heavy (non-hydrogen) atoms. The van der Waals surface area contributed by atoms with Crippen molar-refractivity contribution in [1.82, 2.24) is 14.5 Å². The molecule has 0 bridgehead atoms. The molecule has 8 heteroatoms. The molecule has 172 valence electrons. The fourth-order valence-corrected chi connectivity index (χ4v) is 5.29. The molecule has 0 unspecified atom stereocenters. The maximum absolute atomic E-state index is 12.9. The molecule has 0 radical (unpaired) electrons. The van der Waals surface area contributed by atoms with Crippen molar-refractivity contribution in [2.75, 3.05) is 43.9 Å². The Hall–Kier alpha value is -2.16. The highest BCUT2D eigenvalue weighted by molar-refractivity contribution is 8.00. The van der Waals surface area contributed by atoms with Gasteiger partial charge in [-0.1, -0.05) is 30.0 Å². The van der Waals surface area contributed by atoms with Gasteiger partial charge in [0, 0.05) is 43.1 Å². The first-order valence-electron chi connectivity index (χ1n) is 11.5. The predicted octanol–water partition coefficient (Wildman–Crippen LogP) is 2.88. The van der Waals surface area contributed by atoms with Gasteiger partial charge in [0.1, 0.15) is 5.03 Å². The number of anilines is 1. The highest BCUT2D eigenvalue weighted by Gasteiger charge is 2.21. The first kappa shape index (κ1) is 23.0. The number of carbonyl (C=O) groups excluding carboxylic acids is 1. The Balaban J connectivity index is 1.41. The summed E-state index contributed by atoms with van der Waals surface area (Å²) in [7, 11) is 0. The third-order valence-corrected chi connectivity index (χ3v) is 7.19. The van der Waals surface area contributed by atoms with Crippen molar-refractivity contribution in [2.24, 2.45) is 0 Å². The van der Waals surface area contributed by atoms with E-state index in [0.29, 0.717) is 6.54 Å². The van der Waals surface area contributed by atoms with E-state index in [0.717, 1.165) is 92.5 Å². The van der Waals surface area contributed by atoms with Gasteiger partial charge in [-0.25, -0.2) is 4.79 Å². The first-order chi connectivity index (χ1) is 15.6. The van der Waals surface area contributed by atoms with Gasteiger partial charge in [-0.2, -0.15) is 4.98 Å². The minimum atomic E-state index is -0.186. The third kappa shape index (κ3) is 5.79. The number of rotatable bonds is 8. The molecule has 1 saturated heterocycles. The molecule has 1 N–H and O–H groups in total. The number of morpholine rings is 1. The largest absolute Gasteiger partial charge is 0.379 e. The fourth-order valence-electron chi connectivity index (χ4n) is 4.41. The van der Waals surface area contributed by atoms with Gasteiger partial charge in [-0.3, -0.25) is 14.3 Å². The molecule has 0 saturated carbocycles. The van der Waals surface area contributed by atoms with E-state index in [2.05, 4.69) is 15.2 Å². The van der Waals surface area contributed by atoms with Crippen LogP contribution in [0.1, 0.15) is 36.1 Å². The standard InChI is InChI=1S/C24H32N4O3S/c1-18-7-2-4-9-20(18)25-22(29)17-32-23-19-8-3-5-10-21(19)28(24(30)26-23)12-6-11-27-13-15-31-16-14-27/h2,4,7,9H,3,5-6,8,10-17H2,1H3,(H,25,29). The number of hydrogen-bond donors (Lipinski definition) is 1. The van der Waals surface area contributed by atoms with Crippen LogP contribution in [-0.4, -0.2) is 59.0 Å². The Morgan fingerprint density at radius 2 is 1.94 bits per heavy atom. The van der Waals surface area contributed by atoms with Crippen molar-refractivity contribution in [3.8, 4) is 0 Å². The van der Waals surface area contributed by atoms with Crippen LogP contribution in [0.5, 0.6) is 0 Å². The molecule has 1 aliphatic heterocycles. The molecule has 0 spiro atoms. The summed E-state index contributed by atoms with van der Waals surface area (Å²) in [5, 5.41) is 3.69. The van der Waals surface area contributed by atoms with Crippen LogP contribution >= 0.6 is 11.8 Å². The summed E-state index contributed by atoms with van der Waals surface area (Å²) < 4.78 is 7.29. The molecule has 1 aromatic carbocycles. The minimum absolute atomic E-state index is 0.0784. The number of thioether (sulfide) groups is 1. The number of para-hydroxylation sites is 1. The van der Waals surface area contributed by atoms with E-state index in [-0.39, 0.29) is 17.3 Å². The van der Waals surface area contributed by atoms with Gasteiger partial charge in [0.05, 0.1) is 19.0 Å². The monoisotopic (exact) mass is 456 g/mol. The molecule has 1 fully saturated rings. The van der Waals surface area contributed by atoms with Crippen molar-refractivity contribution in [1.29, 1.82) is 0 Å². The summed E-state index contributed by atoms with van der Waals surface area (Å²) in [6.45, 7) is 7.15. The summed E-state index contributed by atoms with van der Waals surface area (Å²) in [5.41, 5.74) is 3.95. The van der Waals surface area contributed by atoms with Gasteiger partial charge in [-0.15, -0.1) is 0 Å². The van der Waals surface area contributed by atoms with E-state index in [1.165, 1.54) is 11.8 Å². The number of nitrogens with zero attached hydrogens (tertiary/aromatic N) is 3. The van der Waals surface area contributed by atoms with Crippen molar-refractivity contribution >= 4 is 23.4 Å². The van der Waals surface area contributed by atoms with Gasteiger partial charge in [0.2, 0.25) is 5.91 Å². The van der Waals surface area contributed by atoms with Crippen molar-refractivity contribution in [2.45, 2.75) is 50.6 Å². The molecular weight excluding hydrogens is 424 g/mol. The summed E-state index contributed by atoms with van der Waals surface area (Å²) >= 11 is 1.38. The number of fused-ring (bicyclic) bond motifs is 1. The number of carbonyl (C=O) groups is 1. The number of aryl methyl sites for hydroxylation is 1. The van der Waals surface area contributed by atoms with Gasteiger partial charge in [0.25, 0.3) is 0 Å². The highest BCUT2D eigenvalue weighted by atomic mass is 32.2. The van der Waals surface area contributed by atoms with Crippen LogP contribution in [0.15, 0.2) is 34.1 Å². The zero-order valence-corrected chi connectivity index (χ0v) is 19.6. The first-order valence-corrected chi connectivity index (χ1v) is 12.5. The van der Waals surface area contributed by atoms with Crippen LogP contribution in [0.2, 0.25) is 0 Å². The number of amides is 1. The van der Waals surface area contributed by atoms with Gasteiger partial charge in [-0.05, 0) is 50.7 Å². The Kier molecular flexibility index (Phi) is 8.00. The molecule has 1 amide bonds. The molecule has 4 rings (SSSR count). The summed E-state index contributed by atoms with van der Waals surface area (Å²) in [5.74, 6) is 0.166. The lowest BCUT2D eigenvalue weighted by Gasteiger charge is -2.27. The topological polar surface area (TPSA) is 76.5 Å². The number of hydrogen-bond acceptors (Lipinski definition) is 6. The number of aromatic nitrogens is 2. The molecule has 2 aliphatic rings. The molecule has 2 aromatic rings. The second-order valence-electron chi connectivity index (χ2n) is 8.44. The molecule has 2 heterocycles. The Morgan fingerprint density at radius 1 is 1.16 bits per heavy atom. The average Bonchev–Trinajstić information content (AvgIpc) is 2.81. The fraction of sp³-hybridized carbons (Fsp3) is 0.542. The zero-order valence-electron chi connectivity index (χ0n) is 18.8. The highest BCUT2D eigenvalue weighted by Crippen LogP contribution is 2.28. The Morgan fingerprint density at radius 3 is 2.75 bits per heavy atom. The van der Waals surface area contributed by atoms with Crippen LogP contribution in [-0.2, 0) is 28.9 Å². The van der Waals surface area contributed by atoms with Crippen LogP contribution in [0, 0.1) is 6.92 Å². The van der Waals surface area contributed by atoms with Crippen molar-refractivity contribution < 1.29 is 9.53 Å². The van der Waals surface area contributed by atoms with E-state index >= 15 is 0 Å². The zero-order chi connectivity index (χ0) is 22.3. The molecular formula is C24H32N4O3S. The SMILES string of the molecule is Cc1ccccc1NC(=O)CSc1nc(=O)n(CCCN2CCOCC2)c2c1CCCC2. The predicted molar refractivity (Wildman–Crippen MR) is 128 cm³/mol. The lowest BCUT2D eigenvalue weighted by atomic mass is 9.97. The van der Waals surface area contributed by atoms with Gasteiger partial charge in [0.15, 0.2) is 0 Å². The molecule has 1 aromatic heterocycles. The van der Waals surface area contributed by atoms with Gasteiger partial charge < -0.3 is 10.1 Å². The van der Waals surface area contributed by atoms with Crippen molar-refractivity contribution in [3.05, 3.63) is 51.6 Å². The number of nitrogens with one attached hydrogen (secondary N) is 1. The van der Waals surface area contributed by atoms with E-state index in [1.807, 2.05) is 35.8 Å². The van der Waals surface area contributed by atoms with Crippen LogP contribution < -0.4 is 11.0 Å². The number of ether oxygens (including phenoxy) is 1. The molecule has 7 nitrogen and oxygen atoms in total. The second kappa shape index (κ2) is 11.1. The summed E-state index contributed by atoms with van der Waals surface area (Å²) in [4.78, 5) is 32.2. The average molecular weight is 457 g/mol. The molecule has 1 aliphatic carbocycles. The van der Waals surface area contributed by atoms with Crippen LogP contribution in [0.4, 0.5) is 5.69 Å². The minimum Gasteiger partial charge on any atom is -0.379 e. The van der Waals surface area contributed by atoms with E-state index in [4.69, 9.17) is 4.74 Å². The van der Waals surface area contributed by atoms with Crippen molar-refractivity contribution in [3.63, 3.8) is 0 Å². The Labute approximate surface area is 193 Å². The maximum Gasteiger partial charge on any atom is 0.348 e. The van der Waals surface area contributed by atoms with Crippen LogP contribution in [0.25, 0.3) is 0 Å². The lowest BCUT2D eigenvalue weighted by molar-refractivity contribution is -0.113. The maximum atomic E-state index is 12.9. The van der Waals surface area contributed by atoms with E-state index in [1.54, 1.807) is 0 Å². The molecule has 0 atom stereocenters. The van der Waals surface area contributed by atoms with E-state index < -0.39 is 0 Å². The third-order valence-electron chi connectivity index (χ3n) is 6.17. The summed E-state index contributed by atoms with van der Waals surface area (Å²) in [6.07, 6.45) is 4.96. The number of benzene rings is 1. The van der Waals surface area contributed by atoms with Crippen LogP contribution in [0.3, 0.4) is 0 Å². The second-order valence-corrected chi connectivity index (χ2v) is 9.41. The summed E-state index contributed by atoms with van der Waals surface area (Å²) in [6, 6.07) is 7.73. The van der Waals surface area contributed by atoms with Gasteiger partial charge >= 0.3 is 5.69 Å². The quantitative estimate of drug-likeness (QED) is 0.486. The smallest absolute Gasteiger partial charge is 0.348 e.